The quantitative estimate of drug-likeness (QED) is 0.443. The van der Waals surface area contributed by atoms with E-state index in [2.05, 4.69) is 15.9 Å². The van der Waals surface area contributed by atoms with Crippen LogP contribution in [-0.4, -0.2) is 26.8 Å². The summed E-state index contributed by atoms with van der Waals surface area (Å²) >= 11 is 3.10. The Morgan fingerprint density at radius 2 is 2.00 bits per heavy atom. The van der Waals surface area contributed by atoms with E-state index in [1.165, 1.54) is 18.2 Å². The van der Waals surface area contributed by atoms with Gasteiger partial charge >= 0.3 is 5.97 Å². The van der Waals surface area contributed by atoms with Gasteiger partial charge in [-0.25, -0.2) is 4.79 Å². The third-order valence-electron chi connectivity index (χ3n) is 2.27. The number of nitrogens with two attached hydrogens (primary N) is 1. The van der Waals surface area contributed by atoms with Crippen molar-refractivity contribution < 1.29 is 19.8 Å². The molecule has 6 heteroatoms. The van der Waals surface area contributed by atoms with Crippen molar-refractivity contribution in [3.05, 3.63) is 29.3 Å². The number of anilines is 1. The molecule has 0 spiro atoms. The average Bonchev–Trinajstić information content (AvgIpc) is 2.26. The molecule has 0 fully saturated rings. The summed E-state index contributed by atoms with van der Waals surface area (Å²) in [5.41, 5.74) is 5.86. The Hall–Kier alpha value is -1.40. The molecule has 0 saturated carbocycles. The van der Waals surface area contributed by atoms with Gasteiger partial charge in [0.1, 0.15) is 0 Å². The van der Waals surface area contributed by atoms with Gasteiger partial charge in [-0.05, 0) is 13.0 Å². The summed E-state index contributed by atoms with van der Waals surface area (Å²) in [6, 6.07) is 4.35. The lowest BCUT2D eigenvalue weighted by molar-refractivity contribution is -0.146. The van der Waals surface area contributed by atoms with Gasteiger partial charge in [0.25, 0.3) is 0 Å². The number of carbonyl (C=O) groups is 2. The van der Waals surface area contributed by atoms with Crippen molar-refractivity contribution in [1.82, 2.24) is 0 Å². The number of aliphatic hydroxyl groups is 1. The Bertz CT molecular complexity index is 459. The Labute approximate surface area is 106 Å². The molecule has 1 rings (SSSR count). The first-order valence-electron chi connectivity index (χ1n) is 4.83. The van der Waals surface area contributed by atoms with E-state index in [4.69, 9.17) is 10.8 Å². The summed E-state index contributed by atoms with van der Waals surface area (Å²) in [6.45, 7) is 1.60. The number of carboxylic acids is 1. The average molecular weight is 302 g/mol. The Morgan fingerprint density at radius 3 is 2.47 bits per heavy atom. The molecular weight excluding hydrogens is 290 g/mol. The molecule has 1 aromatic rings. The maximum atomic E-state index is 11.9. The molecule has 5 nitrogen and oxygen atoms in total. The van der Waals surface area contributed by atoms with E-state index in [0.717, 1.165) is 0 Å². The number of hydrogen-bond acceptors (Lipinski definition) is 4. The van der Waals surface area contributed by atoms with E-state index in [0.29, 0.717) is 0 Å². The van der Waals surface area contributed by atoms with Crippen LogP contribution < -0.4 is 5.73 Å². The van der Waals surface area contributed by atoms with E-state index in [1.54, 1.807) is 6.92 Å². The standard InChI is InChI=1S/C11H12BrNO4/c1-5(12)9(14)8-6(10(15)11(16)17)3-2-4-7(8)13/h2-5,10,15H,13H2,1H3,(H,16,17). The lowest BCUT2D eigenvalue weighted by atomic mass is 9.96. The van der Waals surface area contributed by atoms with E-state index >= 15 is 0 Å². The van der Waals surface area contributed by atoms with Crippen LogP contribution in [0.4, 0.5) is 5.69 Å². The SMILES string of the molecule is CC(Br)C(=O)c1c(N)cccc1C(O)C(=O)O. The fourth-order valence-electron chi connectivity index (χ4n) is 1.43. The number of rotatable bonds is 4. The van der Waals surface area contributed by atoms with Crippen molar-refractivity contribution in [2.45, 2.75) is 17.9 Å². The van der Waals surface area contributed by atoms with Gasteiger partial charge in [0, 0.05) is 16.8 Å². The normalized spacial score (nSPS) is 14.1. The zero-order chi connectivity index (χ0) is 13.2. The molecule has 0 amide bonds. The highest BCUT2D eigenvalue weighted by molar-refractivity contribution is 9.10. The molecule has 0 aliphatic heterocycles. The first-order chi connectivity index (χ1) is 7.86. The largest absolute Gasteiger partial charge is 0.479 e. The number of hydrogen-bond donors (Lipinski definition) is 3. The van der Waals surface area contributed by atoms with Gasteiger partial charge < -0.3 is 15.9 Å². The molecule has 2 atom stereocenters. The molecule has 1 aromatic carbocycles. The Morgan fingerprint density at radius 1 is 1.41 bits per heavy atom. The second-order valence-electron chi connectivity index (χ2n) is 3.53. The number of carbonyl (C=O) groups excluding carboxylic acids is 1. The van der Waals surface area contributed by atoms with Crippen LogP contribution in [0.5, 0.6) is 0 Å². The molecule has 0 radical (unpaired) electrons. The van der Waals surface area contributed by atoms with Crippen molar-refractivity contribution in [2.75, 3.05) is 5.73 Å². The molecular formula is C11H12BrNO4. The van der Waals surface area contributed by atoms with E-state index < -0.39 is 16.9 Å². The minimum Gasteiger partial charge on any atom is -0.479 e. The van der Waals surface area contributed by atoms with Crippen LogP contribution in [0.2, 0.25) is 0 Å². The Balaban J connectivity index is 3.36. The minimum absolute atomic E-state index is 0.00815. The molecule has 0 bridgehead atoms. The van der Waals surface area contributed by atoms with Gasteiger partial charge in [-0.1, -0.05) is 28.1 Å². The van der Waals surface area contributed by atoms with Gasteiger partial charge in [0.2, 0.25) is 0 Å². The van der Waals surface area contributed by atoms with Crippen LogP contribution in [0.15, 0.2) is 18.2 Å². The van der Waals surface area contributed by atoms with Crippen LogP contribution in [0.1, 0.15) is 28.9 Å². The number of carboxylic acid groups (broad SMARTS) is 1. The fourth-order valence-corrected chi connectivity index (χ4v) is 1.66. The lowest BCUT2D eigenvalue weighted by Gasteiger charge is -2.14. The highest BCUT2D eigenvalue weighted by Crippen LogP contribution is 2.26. The number of alkyl halides is 1. The lowest BCUT2D eigenvalue weighted by Crippen LogP contribution is -2.20. The van der Waals surface area contributed by atoms with Gasteiger partial charge in [0.05, 0.1) is 4.83 Å². The summed E-state index contributed by atoms with van der Waals surface area (Å²) < 4.78 is 0. The zero-order valence-electron chi connectivity index (χ0n) is 9.05. The summed E-state index contributed by atoms with van der Waals surface area (Å²) in [4.78, 5) is 22.1. The van der Waals surface area contributed by atoms with Crippen molar-refractivity contribution >= 4 is 33.4 Å². The zero-order valence-corrected chi connectivity index (χ0v) is 10.6. The second kappa shape index (κ2) is 5.29. The first-order valence-corrected chi connectivity index (χ1v) is 5.75. The van der Waals surface area contributed by atoms with Crippen molar-refractivity contribution in [3.63, 3.8) is 0 Å². The van der Waals surface area contributed by atoms with Gasteiger partial charge in [-0.3, -0.25) is 4.79 Å². The number of ketones is 1. The predicted octanol–water partition coefficient (Wildman–Crippen LogP) is 1.35. The van der Waals surface area contributed by atoms with Crippen LogP contribution in [-0.2, 0) is 4.79 Å². The molecule has 92 valence electrons. The molecule has 0 aliphatic rings. The fraction of sp³-hybridized carbons (Fsp3) is 0.273. The maximum Gasteiger partial charge on any atom is 0.337 e. The van der Waals surface area contributed by atoms with Crippen molar-refractivity contribution in [1.29, 1.82) is 0 Å². The Kier molecular flexibility index (Phi) is 4.25. The highest BCUT2D eigenvalue weighted by Gasteiger charge is 2.26. The molecule has 17 heavy (non-hydrogen) atoms. The van der Waals surface area contributed by atoms with E-state index in [-0.39, 0.29) is 22.6 Å². The monoisotopic (exact) mass is 301 g/mol. The summed E-state index contributed by atoms with van der Waals surface area (Å²) in [7, 11) is 0. The molecule has 2 unspecified atom stereocenters. The van der Waals surface area contributed by atoms with Gasteiger partial charge in [0.15, 0.2) is 11.9 Å². The summed E-state index contributed by atoms with van der Waals surface area (Å²) in [5.74, 6) is -1.79. The van der Waals surface area contributed by atoms with Crippen molar-refractivity contribution in [2.24, 2.45) is 0 Å². The number of halogens is 1. The number of aliphatic hydroxyl groups excluding tert-OH is 1. The molecule has 0 aromatic heterocycles. The second-order valence-corrected chi connectivity index (χ2v) is 4.91. The number of nitrogen functional groups attached to an aromatic ring is 1. The van der Waals surface area contributed by atoms with Gasteiger partial charge in [-0.2, -0.15) is 0 Å². The predicted molar refractivity (Wildman–Crippen MR) is 66.2 cm³/mol. The molecule has 0 aliphatic carbocycles. The molecule has 4 N–H and O–H groups in total. The molecule has 0 heterocycles. The van der Waals surface area contributed by atoms with Crippen LogP contribution in [0.3, 0.4) is 0 Å². The number of Topliss-reactive ketones (excluding diaryl/α,β-unsaturated/α-hetero) is 1. The van der Waals surface area contributed by atoms with Crippen LogP contribution >= 0.6 is 15.9 Å². The maximum absolute atomic E-state index is 11.9. The smallest absolute Gasteiger partial charge is 0.337 e. The van der Waals surface area contributed by atoms with Crippen LogP contribution in [0.25, 0.3) is 0 Å². The highest BCUT2D eigenvalue weighted by atomic mass is 79.9. The van der Waals surface area contributed by atoms with Gasteiger partial charge in [-0.15, -0.1) is 0 Å². The summed E-state index contributed by atoms with van der Waals surface area (Å²) in [5, 5.41) is 18.3. The summed E-state index contributed by atoms with van der Waals surface area (Å²) in [6.07, 6.45) is -1.76. The number of benzene rings is 1. The van der Waals surface area contributed by atoms with Crippen LogP contribution in [0, 0.1) is 0 Å². The third-order valence-corrected chi connectivity index (χ3v) is 2.68. The van der Waals surface area contributed by atoms with E-state index in [1.807, 2.05) is 0 Å². The first kappa shape index (κ1) is 13.7. The van der Waals surface area contributed by atoms with Crippen molar-refractivity contribution in [3.8, 4) is 0 Å². The third kappa shape index (κ3) is 2.83. The molecule has 0 saturated heterocycles. The number of aliphatic carboxylic acids is 1. The van der Waals surface area contributed by atoms with E-state index in [9.17, 15) is 14.7 Å². The topological polar surface area (TPSA) is 101 Å². The minimum atomic E-state index is -1.76.